The molecule has 0 spiro atoms. The standard InChI is InChI=1S/C32H39F2N3O2/c1-3-21-18-36(19-21)13-14-39-23-16-26(33)29(27(34)17-23)31-30-25(24-11-7-8-12-28(24)35-30)15-20(2)37(31)32(38)22-9-5-4-6-10-22/h7-8,11-12,16-17,20-22,31,35H,3-6,9-10,13-15,18-19H2,1-2H3/t20-,31-/m1/s1. The van der Waals surface area contributed by atoms with Crippen LogP contribution in [0.4, 0.5) is 8.78 Å². The van der Waals surface area contributed by atoms with E-state index in [1.54, 1.807) is 4.90 Å². The van der Waals surface area contributed by atoms with Crippen molar-refractivity contribution in [1.29, 1.82) is 0 Å². The van der Waals surface area contributed by atoms with Crippen molar-refractivity contribution in [2.45, 2.75) is 70.9 Å². The fourth-order valence-corrected chi connectivity index (χ4v) is 6.97. The zero-order valence-electron chi connectivity index (χ0n) is 23.0. The van der Waals surface area contributed by atoms with E-state index in [0.717, 1.165) is 74.1 Å². The average molecular weight is 536 g/mol. The van der Waals surface area contributed by atoms with Gasteiger partial charge in [-0.25, -0.2) is 8.78 Å². The number of amides is 1. The fraction of sp³-hybridized carbons (Fsp3) is 0.531. The molecule has 2 aliphatic heterocycles. The van der Waals surface area contributed by atoms with Crippen molar-refractivity contribution in [1.82, 2.24) is 14.8 Å². The molecule has 1 N–H and O–H groups in total. The Morgan fingerprint density at radius 3 is 2.51 bits per heavy atom. The maximum Gasteiger partial charge on any atom is 0.226 e. The molecule has 0 bridgehead atoms. The summed E-state index contributed by atoms with van der Waals surface area (Å²) < 4.78 is 37.6. The number of carbonyl (C=O) groups excluding carboxylic acids is 1. The van der Waals surface area contributed by atoms with Gasteiger partial charge in [-0.1, -0.05) is 50.8 Å². The molecule has 2 aromatic carbocycles. The predicted molar refractivity (Wildman–Crippen MR) is 149 cm³/mol. The summed E-state index contributed by atoms with van der Waals surface area (Å²) in [5, 5.41) is 1.05. The van der Waals surface area contributed by atoms with Crippen molar-refractivity contribution in [3.8, 4) is 5.75 Å². The van der Waals surface area contributed by atoms with Gasteiger partial charge in [-0.3, -0.25) is 9.69 Å². The van der Waals surface area contributed by atoms with Gasteiger partial charge in [0.25, 0.3) is 0 Å². The van der Waals surface area contributed by atoms with Crippen LogP contribution in [0.2, 0.25) is 0 Å². The molecular weight excluding hydrogens is 496 g/mol. The summed E-state index contributed by atoms with van der Waals surface area (Å²) in [6.07, 6.45) is 6.67. The number of ether oxygens (including phenoxy) is 1. The van der Waals surface area contributed by atoms with Crippen molar-refractivity contribution in [3.63, 3.8) is 0 Å². The Bertz CT molecular complexity index is 1320. The van der Waals surface area contributed by atoms with Crippen molar-refractivity contribution >= 4 is 16.8 Å². The van der Waals surface area contributed by atoms with Gasteiger partial charge in [0.1, 0.15) is 30.0 Å². The van der Waals surface area contributed by atoms with E-state index in [4.69, 9.17) is 4.74 Å². The Labute approximate surface area is 229 Å². The van der Waals surface area contributed by atoms with Crippen molar-refractivity contribution < 1.29 is 18.3 Å². The minimum Gasteiger partial charge on any atom is -0.492 e. The highest BCUT2D eigenvalue weighted by Crippen LogP contribution is 2.44. The van der Waals surface area contributed by atoms with Gasteiger partial charge in [0, 0.05) is 60.3 Å². The number of H-pyrrole nitrogens is 1. The number of hydrogen-bond donors (Lipinski definition) is 1. The quantitative estimate of drug-likeness (QED) is 0.370. The number of halogens is 2. The summed E-state index contributed by atoms with van der Waals surface area (Å²) in [6.45, 7) is 7.43. The topological polar surface area (TPSA) is 48.6 Å². The second-order valence-corrected chi connectivity index (χ2v) is 11.8. The average Bonchev–Trinajstić information content (AvgIpc) is 3.28. The molecule has 5 nitrogen and oxygen atoms in total. The minimum atomic E-state index is -0.855. The number of para-hydroxylation sites is 1. The normalized spacial score (nSPS) is 22.6. The number of rotatable bonds is 7. The maximum absolute atomic E-state index is 15.9. The van der Waals surface area contributed by atoms with Gasteiger partial charge in [0.05, 0.1) is 5.56 Å². The number of nitrogens with one attached hydrogen (secondary N) is 1. The molecule has 3 heterocycles. The first kappa shape index (κ1) is 26.3. The molecule has 6 rings (SSSR count). The molecule has 208 valence electrons. The number of benzene rings is 2. The lowest BCUT2D eigenvalue weighted by Gasteiger charge is -2.43. The van der Waals surface area contributed by atoms with E-state index >= 15 is 8.78 Å². The van der Waals surface area contributed by atoms with Gasteiger partial charge in [-0.05, 0) is 43.7 Å². The summed E-state index contributed by atoms with van der Waals surface area (Å²) >= 11 is 0. The van der Waals surface area contributed by atoms with E-state index in [2.05, 4.69) is 16.8 Å². The van der Waals surface area contributed by atoms with E-state index in [0.29, 0.717) is 18.7 Å². The summed E-state index contributed by atoms with van der Waals surface area (Å²) in [6, 6.07) is 9.48. The molecule has 1 aliphatic carbocycles. The van der Waals surface area contributed by atoms with Crippen molar-refractivity contribution in [3.05, 3.63) is 64.9 Å². The number of aromatic nitrogens is 1. The fourth-order valence-electron chi connectivity index (χ4n) is 6.97. The molecule has 0 radical (unpaired) electrons. The Morgan fingerprint density at radius 2 is 1.79 bits per heavy atom. The SMILES string of the molecule is CCC1CN(CCOc2cc(F)c([C@@H]3c4[nH]c5ccccc5c4C[C@@H](C)N3C(=O)C3CCCCC3)c(F)c2)C1. The Kier molecular flexibility index (Phi) is 7.36. The molecule has 2 fully saturated rings. The largest absolute Gasteiger partial charge is 0.492 e. The monoisotopic (exact) mass is 535 g/mol. The van der Waals surface area contributed by atoms with Crippen molar-refractivity contribution in [2.75, 3.05) is 26.2 Å². The smallest absolute Gasteiger partial charge is 0.226 e. The minimum absolute atomic E-state index is 0.00978. The van der Waals surface area contributed by atoms with Crippen LogP contribution in [0.3, 0.4) is 0 Å². The first-order valence-electron chi connectivity index (χ1n) is 14.7. The molecule has 3 aliphatic rings. The highest BCUT2D eigenvalue weighted by Gasteiger charge is 2.43. The van der Waals surface area contributed by atoms with Gasteiger partial charge in [-0.15, -0.1) is 0 Å². The van der Waals surface area contributed by atoms with Gasteiger partial charge in [0.15, 0.2) is 0 Å². The van der Waals surface area contributed by atoms with Crippen LogP contribution in [0, 0.1) is 23.5 Å². The Balaban J connectivity index is 1.34. The van der Waals surface area contributed by atoms with Gasteiger partial charge in [-0.2, -0.15) is 0 Å². The third-order valence-corrected chi connectivity index (χ3v) is 9.19. The maximum atomic E-state index is 15.9. The number of carbonyl (C=O) groups is 1. The third-order valence-electron chi connectivity index (χ3n) is 9.19. The zero-order valence-corrected chi connectivity index (χ0v) is 23.0. The molecule has 39 heavy (non-hydrogen) atoms. The van der Waals surface area contributed by atoms with Crippen LogP contribution >= 0.6 is 0 Å². The first-order chi connectivity index (χ1) is 18.9. The lowest BCUT2D eigenvalue weighted by molar-refractivity contribution is -0.141. The van der Waals surface area contributed by atoms with Crippen LogP contribution in [0.25, 0.3) is 10.9 Å². The van der Waals surface area contributed by atoms with Crippen LogP contribution in [0.15, 0.2) is 36.4 Å². The van der Waals surface area contributed by atoms with Gasteiger partial charge in [0.2, 0.25) is 5.91 Å². The van der Waals surface area contributed by atoms with Gasteiger partial charge >= 0.3 is 0 Å². The highest BCUT2D eigenvalue weighted by atomic mass is 19.1. The van der Waals surface area contributed by atoms with Crippen LogP contribution < -0.4 is 4.74 Å². The Morgan fingerprint density at radius 1 is 1.08 bits per heavy atom. The van der Waals surface area contributed by atoms with Crippen LogP contribution in [0.1, 0.15) is 75.2 Å². The van der Waals surface area contributed by atoms with E-state index in [1.807, 2.05) is 31.2 Å². The molecular formula is C32H39F2N3O2. The van der Waals surface area contributed by atoms with E-state index in [-0.39, 0.29) is 29.2 Å². The lowest BCUT2D eigenvalue weighted by atomic mass is 9.83. The number of nitrogens with zero attached hydrogens (tertiary/aromatic N) is 2. The predicted octanol–water partition coefficient (Wildman–Crippen LogP) is 6.61. The van der Waals surface area contributed by atoms with Crippen LogP contribution in [-0.2, 0) is 11.2 Å². The molecule has 3 aromatic rings. The zero-order chi connectivity index (χ0) is 27.1. The third kappa shape index (κ3) is 4.94. The number of hydrogen-bond acceptors (Lipinski definition) is 3. The molecule has 7 heteroatoms. The second-order valence-electron chi connectivity index (χ2n) is 11.8. The van der Waals surface area contributed by atoms with E-state index in [1.165, 1.54) is 18.6 Å². The molecule has 2 atom stereocenters. The lowest BCUT2D eigenvalue weighted by Crippen LogP contribution is -2.49. The number of likely N-dealkylation sites (tertiary alicyclic amines) is 1. The van der Waals surface area contributed by atoms with E-state index < -0.39 is 17.7 Å². The Hall–Kier alpha value is -2.93. The van der Waals surface area contributed by atoms with Crippen LogP contribution in [-0.4, -0.2) is 53.0 Å². The summed E-state index contributed by atoms with van der Waals surface area (Å²) in [4.78, 5) is 21.5. The molecule has 1 saturated heterocycles. The molecule has 0 unspecified atom stereocenters. The molecule has 1 amide bonds. The summed E-state index contributed by atoms with van der Waals surface area (Å²) in [5.41, 5.74) is 2.59. The summed E-state index contributed by atoms with van der Waals surface area (Å²) in [5.74, 6) is -0.513. The summed E-state index contributed by atoms with van der Waals surface area (Å²) in [7, 11) is 0. The number of fused-ring (bicyclic) bond motifs is 3. The second kappa shape index (κ2) is 10.9. The van der Waals surface area contributed by atoms with E-state index in [9.17, 15) is 4.79 Å². The van der Waals surface area contributed by atoms with Crippen molar-refractivity contribution in [2.24, 2.45) is 11.8 Å². The highest BCUT2D eigenvalue weighted by molar-refractivity contribution is 5.87. The molecule has 1 saturated carbocycles. The molecule has 1 aromatic heterocycles. The first-order valence-corrected chi connectivity index (χ1v) is 14.7. The van der Waals surface area contributed by atoms with Gasteiger partial charge < -0.3 is 14.6 Å². The van der Waals surface area contributed by atoms with Crippen LogP contribution in [0.5, 0.6) is 5.75 Å². The number of aromatic amines is 1.